The zero-order chi connectivity index (χ0) is 15.1. The predicted octanol–water partition coefficient (Wildman–Crippen LogP) is 3.91. The number of nitrogens with zero attached hydrogens (tertiary/aromatic N) is 1. The van der Waals surface area contributed by atoms with Crippen LogP contribution in [0, 0.1) is 10.7 Å². The van der Waals surface area contributed by atoms with Gasteiger partial charge in [0.1, 0.15) is 11.2 Å². The second-order valence-corrected chi connectivity index (χ2v) is 4.99. The lowest BCUT2D eigenvalue weighted by Gasteiger charge is -2.07. The molecule has 0 bridgehead atoms. The first kappa shape index (κ1) is 14.9. The highest BCUT2D eigenvalue weighted by Crippen LogP contribution is 2.20. The topological polar surface area (TPSA) is 62.1 Å². The molecule has 0 aliphatic heterocycles. The maximum absolute atomic E-state index is 12.2. The van der Waals surface area contributed by atoms with Crippen LogP contribution in [0.2, 0.25) is 0 Å². The Balaban J connectivity index is 2.07. The van der Waals surface area contributed by atoms with Gasteiger partial charge in [-0.2, -0.15) is 5.26 Å². The SMILES string of the molecule is CCOc1cccc(C(=O)Nc2ccc(SC#N)cc2)c1. The number of nitriles is 1. The van der Waals surface area contributed by atoms with E-state index in [1.807, 2.05) is 18.4 Å². The molecule has 2 aromatic rings. The minimum atomic E-state index is -0.197. The summed E-state index contributed by atoms with van der Waals surface area (Å²) in [6.07, 6.45) is 0. The summed E-state index contributed by atoms with van der Waals surface area (Å²) in [7, 11) is 0. The predicted molar refractivity (Wildman–Crippen MR) is 83.5 cm³/mol. The third-order valence-electron chi connectivity index (χ3n) is 2.68. The van der Waals surface area contributed by atoms with Crippen molar-refractivity contribution in [2.45, 2.75) is 11.8 Å². The molecule has 4 nitrogen and oxygen atoms in total. The number of carbonyl (C=O) groups excluding carboxylic acids is 1. The molecule has 2 rings (SSSR count). The molecule has 0 aliphatic carbocycles. The number of thioether (sulfide) groups is 1. The summed E-state index contributed by atoms with van der Waals surface area (Å²) in [5, 5.41) is 13.4. The molecule has 0 unspecified atom stereocenters. The molecule has 0 saturated carbocycles. The largest absolute Gasteiger partial charge is 0.494 e. The van der Waals surface area contributed by atoms with Crippen molar-refractivity contribution in [3.05, 3.63) is 54.1 Å². The number of rotatable bonds is 5. The van der Waals surface area contributed by atoms with Crippen molar-refractivity contribution in [3.63, 3.8) is 0 Å². The highest BCUT2D eigenvalue weighted by Gasteiger charge is 2.07. The maximum Gasteiger partial charge on any atom is 0.255 e. The number of hydrogen-bond donors (Lipinski definition) is 1. The Kier molecular flexibility index (Phi) is 5.24. The van der Waals surface area contributed by atoms with Gasteiger partial charge in [-0.1, -0.05) is 6.07 Å². The van der Waals surface area contributed by atoms with E-state index in [-0.39, 0.29) is 5.91 Å². The van der Waals surface area contributed by atoms with Crippen LogP contribution in [0.15, 0.2) is 53.4 Å². The van der Waals surface area contributed by atoms with Gasteiger partial charge in [0.15, 0.2) is 0 Å². The molecule has 0 atom stereocenters. The van der Waals surface area contributed by atoms with Gasteiger partial charge in [0.2, 0.25) is 0 Å². The average molecular weight is 298 g/mol. The molecule has 5 heteroatoms. The molecule has 0 radical (unpaired) electrons. The molecule has 1 amide bonds. The van der Waals surface area contributed by atoms with E-state index < -0.39 is 0 Å². The Morgan fingerprint density at radius 2 is 2.05 bits per heavy atom. The number of amides is 1. The van der Waals surface area contributed by atoms with Crippen LogP contribution in [-0.4, -0.2) is 12.5 Å². The first-order valence-corrected chi connectivity index (χ1v) is 7.25. The Morgan fingerprint density at radius 3 is 2.71 bits per heavy atom. The van der Waals surface area contributed by atoms with Gasteiger partial charge in [-0.15, -0.1) is 0 Å². The molecule has 0 heterocycles. The van der Waals surface area contributed by atoms with Gasteiger partial charge in [0.05, 0.1) is 6.61 Å². The summed E-state index contributed by atoms with van der Waals surface area (Å²) in [5.74, 6) is 0.475. The van der Waals surface area contributed by atoms with Gasteiger partial charge in [-0.3, -0.25) is 4.79 Å². The van der Waals surface area contributed by atoms with Gasteiger partial charge in [-0.25, -0.2) is 0 Å². The van der Waals surface area contributed by atoms with E-state index in [1.165, 1.54) is 0 Å². The lowest BCUT2D eigenvalue weighted by atomic mass is 10.2. The fourth-order valence-corrected chi connectivity index (χ4v) is 2.13. The van der Waals surface area contributed by atoms with Crippen molar-refractivity contribution >= 4 is 23.4 Å². The zero-order valence-electron chi connectivity index (χ0n) is 11.5. The molecule has 1 N–H and O–H groups in total. The van der Waals surface area contributed by atoms with Crippen LogP contribution < -0.4 is 10.1 Å². The van der Waals surface area contributed by atoms with E-state index >= 15 is 0 Å². The highest BCUT2D eigenvalue weighted by molar-refractivity contribution is 8.03. The summed E-state index contributed by atoms with van der Waals surface area (Å²) in [4.78, 5) is 13.0. The molecule has 0 aliphatic rings. The van der Waals surface area contributed by atoms with Crippen molar-refractivity contribution in [3.8, 4) is 11.2 Å². The maximum atomic E-state index is 12.2. The second kappa shape index (κ2) is 7.36. The van der Waals surface area contributed by atoms with Crippen LogP contribution in [0.1, 0.15) is 17.3 Å². The number of anilines is 1. The van der Waals surface area contributed by atoms with Crippen molar-refractivity contribution in [2.24, 2.45) is 0 Å². The summed E-state index contributed by atoms with van der Waals surface area (Å²) < 4.78 is 5.38. The minimum Gasteiger partial charge on any atom is -0.494 e. The Hall–Kier alpha value is -2.45. The molecule has 2 aromatic carbocycles. The number of nitrogens with one attached hydrogen (secondary N) is 1. The van der Waals surface area contributed by atoms with Crippen LogP contribution >= 0.6 is 11.8 Å². The number of hydrogen-bond acceptors (Lipinski definition) is 4. The Morgan fingerprint density at radius 1 is 1.29 bits per heavy atom. The van der Waals surface area contributed by atoms with E-state index in [9.17, 15) is 4.79 Å². The van der Waals surface area contributed by atoms with Crippen LogP contribution in [0.5, 0.6) is 5.75 Å². The second-order valence-electron chi connectivity index (χ2n) is 4.13. The van der Waals surface area contributed by atoms with Gasteiger partial charge in [0.25, 0.3) is 5.91 Å². The molecule has 0 saturated heterocycles. The summed E-state index contributed by atoms with van der Waals surface area (Å²) in [6, 6.07) is 14.2. The number of thiocyanates is 1. The number of benzene rings is 2. The number of ether oxygens (including phenoxy) is 1. The smallest absolute Gasteiger partial charge is 0.255 e. The van der Waals surface area contributed by atoms with E-state index in [4.69, 9.17) is 10.00 Å². The van der Waals surface area contributed by atoms with Crippen molar-refractivity contribution in [1.29, 1.82) is 5.26 Å². The molecule has 0 fully saturated rings. The van der Waals surface area contributed by atoms with Gasteiger partial charge >= 0.3 is 0 Å². The van der Waals surface area contributed by atoms with Crippen LogP contribution in [0.25, 0.3) is 0 Å². The van der Waals surface area contributed by atoms with Gasteiger partial charge in [0, 0.05) is 16.1 Å². The molecule has 21 heavy (non-hydrogen) atoms. The molecular formula is C16H14N2O2S. The zero-order valence-corrected chi connectivity index (χ0v) is 12.3. The normalized spacial score (nSPS) is 9.71. The van der Waals surface area contributed by atoms with Crippen molar-refractivity contribution in [2.75, 3.05) is 11.9 Å². The average Bonchev–Trinajstić information content (AvgIpc) is 2.50. The quantitative estimate of drug-likeness (QED) is 0.671. The fourth-order valence-electron chi connectivity index (χ4n) is 1.76. The van der Waals surface area contributed by atoms with Gasteiger partial charge < -0.3 is 10.1 Å². The standard InChI is InChI=1S/C16H14N2O2S/c1-2-20-14-5-3-4-12(10-14)16(19)18-13-6-8-15(9-7-13)21-11-17/h3-10H,2H2,1H3,(H,18,19). The van der Waals surface area contributed by atoms with E-state index in [1.54, 1.807) is 42.5 Å². The first-order valence-electron chi connectivity index (χ1n) is 6.43. The third kappa shape index (κ3) is 4.26. The fraction of sp³-hybridized carbons (Fsp3) is 0.125. The summed E-state index contributed by atoms with van der Waals surface area (Å²) in [6.45, 7) is 2.46. The molecular weight excluding hydrogens is 284 g/mol. The van der Waals surface area contributed by atoms with Crippen molar-refractivity contribution in [1.82, 2.24) is 0 Å². The number of carbonyl (C=O) groups is 1. The van der Waals surface area contributed by atoms with Crippen molar-refractivity contribution < 1.29 is 9.53 Å². The van der Waals surface area contributed by atoms with E-state index in [0.29, 0.717) is 23.6 Å². The molecule has 0 spiro atoms. The van der Waals surface area contributed by atoms with Crippen LogP contribution in [0.4, 0.5) is 5.69 Å². The first-order chi connectivity index (χ1) is 10.2. The van der Waals surface area contributed by atoms with E-state index in [2.05, 4.69) is 5.32 Å². The molecule has 106 valence electrons. The highest BCUT2D eigenvalue weighted by atomic mass is 32.2. The van der Waals surface area contributed by atoms with E-state index in [0.717, 1.165) is 16.7 Å². The lowest BCUT2D eigenvalue weighted by molar-refractivity contribution is 0.102. The third-order valence-corrected chi connectivity index (χ3v) is 3.28. The Bertz CT molecular complexity index is 663. The minimum absolute atomic E-state index is 0.197. The molecule has 0 aromatic heterocycles. The van der Waals surface area contributed by atoms with Gasteiger partial charge in [-0.05, 0) is 61.2 Å². The lowest BCUT2D eigenvalue weighted by Crippen LogP contribution is -2.11. The van der Waals surface area contributed by atoms with Crippen LogP contribution in [0.3, 0.4) is 0 Å². The monoisotopic (exact) mass is 298 g/mol. The summed E-state index contributed by atoms with van der Waals surface area (Å²) >= 11 is 1.08. The van der Waals surface area contributed by atoms with Crippen LogP contribution in [-0.2, 0) is 0 Å². The Labute approximate surface area is 127 Å². The summed E-state index contributed by atoms with van der Waals surface area (Å²) in [5.41, 5.74) is 1.22.